The number of esters is 1. The van der Waals surface area contributed by atoms with Crippen LogP contribution in [-0.2, 0) is 16.0 Å². The second-order valence-corrected chi connectivity index (χ2v) is 6.84. The summed E-state index contributed by atoms with van der Waals surface area (Å²) in [6.45, 7) is -0.528. The lowest BCUT2D eigenvalue weighted by Gasteiger charge is -2.11. The Labute approximate surface area is 178 Å². The van der Waals surface area contributed by atoms with Crippen LogP contribution in [0, 0.1) is 0 Å². The van der Waals surface area contributed by atoms with Gasteiger partial charge in [0.25, 0.3) is 11.8 Å². The third-order valence-corrected chi connectivity index (χ3v) is 4.48. The first-order valence-corrected chi connectivity index (χ1v) is 9.54. The molecular formula is C23H19ClN2O4. The van der Waals surface area contributed by atoms with Gasteiger partial charge in [-0.2, -0.15) is 0 Å². The van der Waals surface area contributed by atoms with Crippen LogP contribution in [0.1, 0.15) is 31.8 Å². The SMILES string of the molecule is O=C(COC(=O)c1ccccc1Cc1ccccc1)NNC(=O)c1ccc(Cl)cc1. The maximum atomic E-state index is 12.4. The van der Waals surface area contributed by atoms with Gasteiger partial charge in [-0.25, -0.2) is 4.79 Å². The normalized spacial score (nSPS) is 10.2. The molecule has 30 heavy (non-hydrogen) atoms. The average Bonchev–Trinajstić information content (AvgIpc) is 2.77. The fourth-order valence-corrected chi connectivity index (χ4v) is 2.86. The predicted octanol–water partition coefficient (Wildman–Crippen LogP) is 3.55. The third-order valence-electron chi connectivity index (χ3n) is 4.23. The molecule has 2 N–H and O–H groups in total. The molecule has 0 fully saturated rings. The number of nitrogens with one attached hydrogen (secondary N) is 2. The van der Waals surface area contributed by atoms with Gasteiger partial charge in [0, 0.05) is 10.6 Å². The van der Waals surface area contributed by atoms with Crippen molar-refractivity contribution in [2.75, 3.05) is 6.61 Å². The first-order valence-electron chi connectivity index (χ1n) is 9.16. The fourth-order valence-electron chi connectivity index (χ4n) is 2.73. The molecule has 152 valence electrons. The zero-order chi connectivity index (χ0) is 21.3. The molecule has 0 aromatic heterocycles. The zero-order valence-corrected chi connectivity index (χ0v) is 16.7. The Bertz CT molecular complexity index is 1040. The number of hydrogen-bond acceptors (Lipinski definition) is 4. The quantitative estimate of drug-likeness (QED) is 0.470. The molecule has 0 saturated heterocycles. The lowest BCUT2D eigenvalue weighted by atomic mass is 10.00. The van der Waals surface area contributed by atoms with Crippen molar-refractivity contribution in [1.82, 2.24) is 10.9 Å². The lowest BCUT2D eigenvalue weighted by molar-refractivity contribution is -0.125. The number of hydrogen-bond donors (Lipinski definition) is 2. The smallest absolute Gasteiger partial charge is 0.338 e. The molecule has 0 heterocycles. The highest BCUT2D eigenvalue weighted by atomic mass is 35.5. The minimum Gasteiger partial charge on any atom is -0.452 e. The Balaban J connectivity index is 1.52. The van der Waals surface area contributed by atoms with E-state index >= 15 is 0 Å². The molecule has 2 amide bonds. The van der Waals surface area contributed by atoms with E-state index in [2.05, 4.69) is 10.9 Å². The second kappa shape index (κ2) is 10.2. The third kappa shape index (κ3) is 5.93. The van der Waals surface area contributed by atoms with Gasteiger partial charge in [0.2, 0.25) is 0 Å². The summed E-state index contributed by atoms with van der Waals surface area (Å²) in [5.41, 5.74) is 7.03. The Morgan fingerprint density at radius 2 is 1.47 bits per heavy atom. The van der Waals surface area contributed by atoms with E-state index in [1.54, 1.807) is 24.3 Å². The van der Waals surface area contributed by atoms with Crippen LogP contribution in [-0.4, -0.2) is 24.4 Å². The van der Waals surface area contributed by atoms with E-state index in [1.807, 2.05) is 42.5 Å². The fraction of sp³-hybridized carbons (Fsp3) is 0.0870. The van der Waals surface area contributed by atoms with E-state index in [9.17, 15) is 14.4 Å². The van der Waals surface area contributed by atoms with Crippen molar-refractivity contribution < 1.29 is 19.1 Å². The van der Waals surface area contributed by atoms with Crippen molar-refractivity contribution in [1.29, 1.82) is 0 Å². The topological polar surface area (TPSA) is 84.5 Å². The van der Waals surface area contributed by atoms with Crippen LogP contribution in [0.5, 0.6) is 0 Å². The van der Waals surface area contributed by atoms with E-state index < -0.39 is 24.4 Å². The average molecular weight is 423 g/mol. The minimum atomic E-state index is -0.661. The van der Waals surface area contributed by atoms with Crippen molar-refractivity contribution in [3.63, 3.8) is 0 Å². The summed E-state index contributed by atoms with van der Waals surface area (Å²) >= 11 is 5.77. The first-order chi connectivity index (χ1) is 14.5. The maximum Gasteiger partial charge on any atom is 0.338 e. The molecule has 0 unspecified atom stereocenters. The van der Waals surface area contributed by atoms with Crippen LogP contribution in [0.2, 0.25) is 5.02 Å². The number of halogens is 1. The van der Waals surface area contributed by atoms with Crippen LogP contribution in [0.3, 0.4) is 0 Å². The predicted molar refractivity (Wildman–Crippen MR) is 113 cm³/mol. The summed E-state index contributed by atoms with van der Waals surface area (Å²) in [6, 6.07) is 23.0. The molecule has 0 spiro atoms. The van der Waals surface area contributed by atoms with Gasteiger partial charge in [-0.3, -0.25) is 20.4 Å². The number of rotatable bonds is 6. The molecule has 3 rings (SSSR count). The van der Waals surface area contributed by atoms with Gasteiger partial charge < -0.3 is 4.74 Å². The first kappa shape index (κ1) is 21.1. The van der Waals surface area contributed by atoms with Gasteiger partial charge in [0.15, 0.2) is 6.61 Å². The molecule has 7 heteroatoms. The van der Waals surface area contributed by atoms with Crippen molar-refractivity contribution in [2.24, 2.45) is 0 Å². The maximum absolute atomic E-state index is 12.4. The molecule has 0 aliphatic rings. The lowest BCUT2D eigenvalue weighted by Crippen LogP contribution is -2.43. The Hall–Kier alpha value is -3.64. The second-order valence-electron chi connectivity index (χ2n) is 6.40. The summed E-state index contributed by atoms with van der Waals surface area (Å²) in [6.07, 6.45) is 0.565. The van der Waals surface area contributed by atoms with E-state index in [4.69, 9.17) is 16.3 Å². The van der Waals surface area contributed by atoms with Gasteiger partial charge in [-0.15, -0.1) is 0 Å². The van der Waals surface area contributed by atoms with Crippen LogP contribution in [0.4, 0.5) is 0 Å². The number of carbonyl (C=O) groups is 3. The Morgan fingerprint density at radius 1 is 0.800 bits per heavy atom. The van der Waals surface area contributed by atoms with Crippen molar-refractivity contribution in [3.8, 4) is 0 Å². The number of carbonyl (C=O) groups excluding carboxylic acids is 3. The Kier molecular flexibility index (Phi) is 7.19. The van der Waals surface area contributed by atoms with E-state index in [-0.39, 0.29) is 0 Å². The highest BCUT2D eigenvalue weighted by molar-refractivity contribution is 6.30. The molecule has 0 bridgehead atoms. The van der Waals surface area contributed by atoms with Crippen molar-refractivity contribution in [3.05, 3.63) is 106 Å². The number of ether oxygens (including phenoxy) is 1. The van der Waals surface area contributed by atoms with Crippen molar-refractivity contribution in [2.45, 2.75) is 6.42 Å². The van der Waals surface area contributed by atoms with E-state index in [0.29, 0.717) is 22.6 Å². The largest absolute Gasteiger partial charge is 0.452 e. The number of hydrazine groups is 1. The molecular weight excluding hydrogens is 404 g/mol. The summed E-state index contributed by atoms with van der Waals surface area (Å²) < 4.78 is 5.10. The molecule has 0 atom stereocenters. The standard InChI is InChI=1S/C23H19ClN2O4/c24-19-12-10-17(11-13-19)22(28)26-25-21(27)15-30-23(29)20-9-5-4-8-18(20)14-16-6-2-1-3-7-16/h1-13H,14-15H2,(H,25,27)(H,26,28). The van der Waals surface area contributed by atoms with Gasteiger partial charge in [-0.1, -0.05) is 60.1 Å². The molecule has 0 aliphatic heterocycles. The van der Waals surface area contributed by atoms with Gasteiger partial charge >= 0.3 is 5.97 Å². The Morgan fingerprint density at radius 3 is 2.20 bits per heavy atom. The van der Waals surface area contributed by atoms with Crippen LogP contribution >= 0.6 is 11.6 Å². The highest BCUT2D eigenvalue weighted by Gasteiger charge is 2.15. The van der Waals surface area contributed by atoms with Crippen LogP contribution in [0.25, 0.3) is 0 Å². The van der Waals surface area contributed by atoms with E-state index in [0.717, 1.165) is 11.1 Å². The van der Waals surface area contributed by atoms with Gasteiger partial charge in [-0.05, 0) is 47.9 Å². The molecule has 6 nitrogen and oxygen atoms in total. The minimum absolute atomic E-state index is 0.325. The van der Waals surface area contributed by atoms with E-state index in [1.165, 1.54) is 12.1 Å². The zero-order valence-electron chi connectivity index (χ0n) is 15.9. The summed E-state index contributed by atoms with van der Waals surface area (Å²) in [5.74, 6) is -1.79. The monoisotopic (exact) mass is 422 g/mol. The molecule has 3 aromatic carbocycles. The summed E-state index contributed by atoms with van der Waals surface area (Å²) in [4.78, 5) is 36.3. The molecule has 3 aromatic rings. The van der Waals surface area contributed by atoms with Crippen LogP contribution in [0.15, 0.2) is 78.9 Å². The highest BCUT2D eigenvalue weighted by Crippen LogP contribution is 2.15. The molecule has 0 aliphatic carbocycles. The summed E-state index contributed by atoms with van der Waals surface area (Å²) in [5, 5.41) is 0.495. The molecule has 0 saturated carbocycles. The van der Waals surface area contributed by atoms with Gasteiger partial charge in [0.1, 0.15) is 0 Å². The number of amides is 2. The molecule has 0 radical (unpaired) electrons. The van der Waals surface area contributed by atoms with Gasteiger partial charge in [0.05, 0.1) is 5.56 Å². The van der Waals surface area contributed by atoms with Crippen LogP contribution < -0.4 is 10.9 Å². The number of benzene rings is 3. The van der Waals surface area contributed by atoms with Crippen molar-refractivity contribution >= 4 is 29.4 Å². The summed E-state index contributed by atoms with van der Waals surface area (Å²) in [7, 11) is 0.